The van der Waals surface area contributed by atoms with Crippen LogP contribution in [0.5, 0.6) is 0 Å². The number of primary sulfonamides is 1. The molecule has 2 aliphatic rings. The van der Waals surface area contributed by atoms with Crippen LogP contribution in [0.3, 0.4) is 0 Å². The van der Waals surface area contributed by atoms with Crippen molar-refractivity contribution in [1.82, 2.24) is 4.90 Å². The van der Waals surface area contributed by atoms with Gasteiger partial charge in [0.25, 0.3) is 0 Å². The lowest BCUT2D eigenvalue weighted by Gasteiger charge is -2.29. The summed E-state index contributed by atoms with van der Waals surface area (Å²) in [5.74, 6) is -1.77. The number of rotatable bonds is 5. The van der Waals surface area contributed by atoms with E-state index in [1.807, 2.05) is 19.0 Å². The average Bonchev–Trinajstić information content (AvgIpc) is 2.79. The second kappa shape index (κ2) is 5.59. The molecule has 0 aliphatic carbocycles. The van der Waals surface area contributed by atoms with Gasteiger partial charge in [-0.2, -0.15) is 0 Å². The summed E-state index contributed by atoms with van der Waals surface area (Å²) in [7, 11) is -5.06. The fraction of sp³-hybridized carbons (Fsp3) is 0.583. The van der Waals surface area contributed by atoms with Crippen LogP contribution in [0.2, 0.25) is 0 Å². The van der Waals surface area contributed by atoms with E-state index in [0.717, 1.165) is 6.08 Å². The van der Waals surface area contributed by atoms with Gasteiger partial charge in [-0.15, -0.1) is 0 Å². The molecular weight excluding hydrogens is 364 g/mol. The molecule has 8 nitrogen and oxygen atoms in total. The number of sulfonamides is 1. The highest BCUT2D eigenvalue weighted by Crippen LogP contribution is 2.58. The smallest absolute Gasteiger partial charge is 0.320 e. The first-order valence-corrected chi connectivity index (χ1v) is 10.5. The maximum Gasteiger partial charge on any atom is 0.320 e. The van der Waals surface area contributed by atoms with Gasteiger partial charge in [0.2, 0.25) is 19.9 Å². The van der Waals surface area contributed by atoms with Crippen molar-refractivity contribution in [2.75, 3.05) is 20.6 Å². The molecule has 0 aromatic rings. The number of hydrogen-bond donors (Lipinski definition) is 2. The zero-order valence-electron chi connectivity index (χ0n) is 12.8. The summed E-state index contributed by atoms with van der Waals surface area (Å²) >= 11 is 0.680. The molecule has 2 aliphatic heterocycles. The summed E-state index contributed by atoms with van der Waals surface area (Å²) < 4.78 is 45.4. The molecule has 0 saturated heterocycles. The Morgan fingerprint density at radius 3 is 2.48 bits per heavy atom. The van der Waals surface area contributed by atoms with Crippen molar-refractivity contribution in [3.8, 4) is 0 Å². The molecule has 23 heavy (non-hydrogen) atoms. The lowest BCUT2D eigenvalue weighted by molar-refractivity contribution is -0.140. The van der Waals surface area contributed by atoms with Crippen molar-refractivity contribution in [2.24, 2.45) is 11.1 Å². The van der Waals surface area contributed by atoms with Crippen molar-refractivity contribution in [2.45, 2.75) is 18.1 Å². The molecule has 3 N–H and O–H groups in total. The van der Waals surface area contributed by atoms with Crippen molar-refractivity contribution in [1.29, 1.82) is 0 Å². The Labute approximate surface area is 139 Å². The van der Waals surface area contributed by atoms with E-state index in [4.69, 9.17) is 5.14 Å². The number of allylic oxidation sites excluding steroid dienone is 2. The standard InChI is InChI=1S/C12H18N2O6S3/c1-12(11(15)16)8(4-5-14(2)3)7-6-9(23(13,19)20)22(17,18)10(7)21-12/h6,8H,4-5H2,1-3H3,(H,15,16)(H2,13,19,20). The Morgan fingerprint density at radius 2 is 2.04 bits per heavy atom. The molecule has 0 saturated carbocycles. The molecule has 130 valence electrons. The molecule has 0 spiro atoms. The van der Waals surface area contributed by atoms with E-state index >= 15 is 0 Å². The van der Waals surface area contributed by atoms with Crippen molar-refractivity contribution in [3.63, 3.8) is 0 Å². The van der Waals surface area contributed by atoms with Gasteiger partial charge in [0.1, 0.15) is 8.98 Å². The average molecular weight is 382 g/mol. The topological polar surface area (TPSA) is 135 Å². The highest BCUT2D eigenvalue weighted by Gasteiger charge is 2.56. The van der Waals surface area contributed by atoms with Crippen LogP contribution in [0.15, 0.2) is 20.1 Å². The molecular formula is C12H18N2O6S3. The number of nitrogens with zero attached hydrogens (tertiary/aromatic N) is 1. The number of thioether (sulfide) groups is 1. The number of sulfone groups is 1. The van der Waals surface area contributed by atoms with Gasteiger partial charge < -0.3 is 10.0 Å². The summed E-state index contributed by atoms with van der Waals surface area (Å²) in [5, 5.41) is 14.5. The van der Waals surface area contributed by atoms with Crippen LogP contribution in [0.1, 0.15) is 13.3 Å². The van der Waals surface area contributed by atoms with Crippen LogP contribution in [-0.2, 0) is 24.7 Å². The Morgan fingerprint density at radius 1 is 1.48 bits per heavy atom. The van der Waals surface area contributed by atoms with Crippen LogP contribution in [-0.4, -0.2) is 58.2 Å². The van der Waals surface area contributed by atoms with Crippen molar-refractivity contribution >= 4 is 37.6 Å². The molecule has 0 fully saturated rings. The number of nitrogens with two attached hydrogens (primary N) is 1. The largest absolute Gasteiger partial charge is 0.480 e. The lowest BCUT2D eigenvalue weighted by Crippen LogP contribution is -2.39. The van der Waals surface area contributed by atoms with Crippen LogP contribution >= 0.6 is 11.8 Å². The first-order chi connectivity index (χ1) is 10.3. The van der Waals surface area contributed by atoms with E-state index in [-0.39, 0.29) is 9.81 Å². The maximum absolute atomic E-state index is 12.4. The number of aliphatic carboxylic acids is 1. The summed E-state index contributed by atoms with van der Waals surface area (Å²) in [6.07, 6.45) is 1.40. The predicted molar refractivity (Wildman–Crippen MR) is 87.4 cm³/mol. The Bertz CT molecular complexity index is 825. The zero-order chi connectivity index (χ0) is 17.8. The highest BCUT2D eigenvalue weighted by atomic mass is 32.3. The molecule has 2 rings (SSSR count). The van der Waals surface area contributed by atoms with Gasteiger partial charge in [0.05, 0.1) is 0 Å². The third kappa shape index (κ3) is 2.95. The second-order valence-corrected chi connectivity index (χ2v) is 11.3. The summed E-state index contributed by atoms with van der Waals surface area (Å²) in [4.78, 5) is 13.5. The van der Waals surface area contributed by atoms with Gasteiger partial charge in [0.15, 0.2) is 4.24 Å². The SMILES string of the molecule is CN(C)CCC1C2=C(SC1(C)C(=O)O)S(=O)(=O)C(S(N)(=O)=O)=C2. The van der Waals surface area contributed by atoms with Crippen LogP contribution in [0.4, 0.5) is 0 Å². The number of carbonyl (C=O) groups is 1. The van der Waals surface area contributed by atoms with Gasteiger partial charge >= 0.3 is 5.97 Å². The highest BCUT2D eigenvalue weighted by molar-refractivity contribution is 8.26. The van der Waals surface area contributed by atoms with Crippen molar-refractivity contribution in [3.05, 3.63) is 20.1 Å². The van der Waals surface area contributed by atoms with E-state index in [1.54, 1.807) is 0 Å². The van der Waals surface area contributed by atoms with Gasteiger partial charge in [-0.3, -0.25) is 4.79 Å². The van der Waals surface area contributed by atoms with Gasteiger partial charge in [-0.25, -0.2) is 22.0 Å². The third-order valence-electron chi connectivity index (χ3n) is 3.93. The van der Waals surface area contributed by atoms with Gasteiger partial charge in [-0.1, -0.05) is 11.8 Å². The van der Waals surface area contributed by atoms with Crippen LogP contribution in [0.25, 0.3) is 0 Å². The Hall–Kier alpha value is -0.880. The summed E-state index contributed by atoms with van der Waals surface area (Å²) in [6, 6.07) is 0. The van der Waals surface area contributed by atoms with Crippen LogP contribution in [0, 0.1) is 5.92 Å². The molecule has 2 heterocycles. The van der Waals surface area contributed by atoms with E-state index < -0.39 is 40.7 Å². The second-order valence-electron chi connectivity index (χ2n) is 5.91. The third-order valence-corrected chi connectivity index (χ3v) is 9.55. The minimum Gasteiger partial charge on any atom is -0.480 e. The monoisotopic (exact) mass is 382 g/mol. The number of carboxylic acids is 1. The van der Waals surface area contributed by atoms with Gasteiger partial charge in [0, 0.05) is 5.92 Å². The maximum atomic E-state index is 12.4. The molecule has 11 heteroatoms. The summed E-state index contributed by atoms with van der Waals surface area (Å²) in [6.45, 7) is 1.99. The summed E-state index contributed by atoms with van der Waals surface area (Å²) in [5.41, 5.74) is 0.228. The first kappa shape index (κ1) is 18.5. The van der Waals surface area contributed by atoms with E-state index in [2.05, 4.69) is 0 Å². The molecule has 2 atom stereocenters. The predicted octanol–water partition coefficient (Wildman–Crippen LogP) is -0.0857. The minimum atomic E-state index is -4.40. The van der Waals surface area contributed by atoms with E-state index in [0.29, 0.717) is 24.7 Å². The normalized spacial score (nSPS) is 29.8. The zero-order valence-corrected chi connectivity index (χ0v) is 15.3. The molecule has 0 amide bonds. The first-order valence-electron chi connectivity index (χ1n) is 6.62. The fourth-order valence-corrected chi connectivity index (χ4v) is 7.98. The molecule has 0 aromatic carbocycles. The lowest BCUT2D eigenvalue weighted by atomic mass is 9.84. The minimum absolute atomic E-state index is 0.213. The Balaban J connectivity index is 2.56. The van der Waals surface area contributed by atoms with Gasteiger partial charge in [-0.05, 0) is 45.6 Å². The quantitative estimate of drug-likeness (QED) is 0.674. The van der Waals surface area contributed by atoms with Crippen molar-refractivity contribution < 1.29 is 26.7 Å². The Kier molecular flexibility index (Phi) is 4.48. The van der Waals surface area contributed by atoms with E-state index in [1.165, 1.54) is 6.92 Å². The van der Waals surface area contributed by atoms with E-state index in [9.17, 15) is 26.7 Å². The molecule has 0 aromatic heterocycles. The van der Waals surface area contributed by atoms with Crippen LogP contribution < -0.4 is 5.14 Å². The molecule has 2 unspecified atom stereocenters. The molecule has 0 bridgehead atoms. The molecule has 0 radical (unpaired) electrons. The number of carboxylic acid groups (broad SMARTS) is 1. The number of hydrogen-bond acceptors (Lipinski definition) is 7. The fourth-order valence-electron chi connectivity index (χ4n) is 2.67.